The van der Waals surface area contributed by atoms with E-state index in [0.29, 0.717) is 11.3 Å². The van der Waals surface area contributed by atoms with E-state index in [1.165, 1.54) is 19.1 Å². The van der Waals surface area contributed by atoms with Crippen LogP contribution in [0.15, 0.2) is 66.7 Å². The second-order valence-corrected chi connectivity index (χ2v) is 6.51. The summed E-state index contributed by atoms with van der Waals surface area (Å²) in [6.45, 7) is 1.39. The minimum Gasteiger partial charge on any atom is -0.480 e. The Morgan fingerprint density at radius 2 is 1.61 bits per heavy atom. The molecule has 0 aliphatic heterocycles. The molecule has 0 radical (unpaired) electrons. The Hall–Kier alpha value is -3.67. The van der Waals surface area contributed by atoms with Crippen LogP contribution in [0.2, 0.25) is 0 Å². The molecule has 0 spiro atoms. The van der Waals surface area contributed by atoms with Gasteiger partial charge in [-0.3, -0.25) is 9.59 Å². The lowest BCUT2D eigenvalue weighted by Gasteiger charge is -2.15. The lowest BCUT2D eigenvalue weighted by atomic mass is 10.0. The van der Waals surface area contributed by atoms with Gasteiger partial charge in [-0.05, 0) is 40.6 Å². The summed E-state index contributed by atoms with van der Waals surface area (Å²) in [5.74, 6) is -1.79. The molecule has 3 aromatic rings. The maximum Gasteiger partial charge on any atom is 0.326 e. The zero-order valence-corrected chi connectivity index (χ0v) is 15.3. The molecule has 0 unspecified atom stereocenters. The lowest BCUT2D eigenvalue weighted by Crippen LogP contribution is -2.42. The molecule has 3 aromatic carbocycles. The number of hydrogen-bond acceptors (Lipinski definition) is 3. The van der Waals surface area contributed by atoms with Gasteiger partial charge in [0.2, 0.25) is 5.91 Å². The number of carboxylic acids is 1. The normalized spacial score (nSPS) is 11.6. The summed E-state index contributed by atoms with van der Waals surface area (Å²) in [6, 6.07) is 18.8. The number of aliphatic carboxylic acids is 1. The Morgan fingerprint density at radius 1 is 0.929 bits per heavy atom. The van der Waals surface area contributed by atoms with Crippen molar-refractivity contribution in [3.8, 4) is 0 Å². The first-order chi connectivity index (χ1) is 13.4. The summed E-state index contributed by atoms with van der Waals surface area (Å²) in [5.41, 5.74) is 1.71. The van der Waals surface area contributed by atoms with Gasteiger partial charge in [0.15, 0.2) is 0 Å². The molecular formula is C22H20N2O4. The molecule has 0 aromatic heterocycles. The molecule has 0 aliphatic carbocycles. The molecule has 1 atom stereocenters. The van der Waals surface area contributed by atoms with Gasteiger partial charge in [0.25, 0.3) is 5.91 Å². The molecule has 6 nitrogen and oxygen atoms in total. The molecule has 28 heavy (non-hydrogen) atoms. The van der Waals surface area contributed by atoms with Crippen LogP contribution in [-0.4, -0.2) is 28.9 Å². The molecular weight excluding hydrogens is 356 g/mol. The van der Waals surface area contributed by atoms with E-state index in [1.54, 1.807) is 12.1 Å². The summed E-state index contributed by atoms with van der Waals surface area (Å²) in [7, 11) is 0. The van der Waals surface area contributed by atoms with Crippen LogP contribution in [0.3, 0.4) is 0 Å². The number of nitrogens with one attached hydrogen (secondary N) is 2. The maximum absolute atomic E-state index is 12.4. The number of anilines is 1. The van der Waals surface area contributed by atoms with Crippen LogP contribution in [0, 0.1) is 0 Å². The predicted molar refractivity (Wildman–Crippen MR) is 107 cm³/mol. The Kier molecular flexibility index (Phi) is 5.69. The molecule has 3 rings (SSSR count). The Labute approximate surface area is 162 Å². The second kappa shape index (κ2) is 8.35. The van der Waals surface area contributed by atoms with Crippen LogP contribution in [0.1, 0.15) is 22.8 Å². The minimum atomic E-state index is -1.10. The van der Waals surface area contributed by atoms with Gasteiger partial charge in [0.05, 0.1) is 0 Å². The number of carbonyl (C=O) groups is 3. The molecule has 0 heterocycles. The van der Waals surface area contributed by atoms with E-state index in [2.05, 4.69) is 10.6 Å². The number of carboxylic acid groups (broad SMARTS) is 1. The minimum absolute atomic E-state index is 0.176. The summed E-state index contributed by atoms with van der Waals surface area (Å²) in [6.07, 6.45) is 0.176. The van der Waals surface area contributed by atoms with Gasteiger partial charge in [-0.15, -0.1) is 0 Å². The highest BCUT2D eigenvalue weighted by molar-refractivity contribution is 5.97. The first-order valence-electron chi connectivity index (χ1n) is 8.81. The van der Waals surface area contributed by atoms with Crippen molar-refractivity contribution in [3.05, 3.63) is 77.9 Å². The Balaban J connectivity index is 1.72. The maximum atomic E-state index is 12.4. The van der Waals surface area contributed by atoms with E-state index >= 15 is 0 Å². The number of hydrogen-bond donors (Lipinski definition) is 3. The van der Waals surface area contributed by atoms with Crippen LogP contribution < -0.4 is 10.6 Å². The number of amides is 2. The lowest BCUT2D eigenvalue weighted by molar-refractivity contribution is -0.139. The van der Waals surface area contributed by atoms with Gasteiger partial charge in [-0.25, -0.2) is 4.79 Å². The summed E-state index contributed by atoms with van der Waals surface area (Å²) < 4.78 is 0. The van der Waals surface area contributed by atoms with E-state index in [4.69, 9.17) is 0 Å². The van der Waals surface area contributed by atoms with Crippen molar-refractivity contribution in [1.82, 2.24) is 5.32 Å². The van der Waals surface area contributed by atoms with Gasteiger partial charge in [-0.2, -0.15) is 0 Å². The number of benzene rings is 3. The monoisotopic (exact) mass is 376 g/mol. The van der Waals surface area contributed by atoms with Crippen molar-refractivity contribution in [2.75, 3.05) is 5.32 Å². The molecule has 142 valence electrons. The van der Waals surface area contributed by atoms with Crippen LogP contribution in [0.25, 0.3) is 10.8 Å². The van der Waals surface area contributed by atoms with Gasteiger partial charge in [0, 0.05) is 24.6 Å². The molecule has 0 saturated heterocycles. The van der Waals surface area contributed by atoms with E-state index in [-0.39, 0.29) is 12.3 Å². The zero-order chi connectivity index (χ0) is 20.1. The van der Waals surface area contributed by atoms with E-state index in [0.717, 1.165) is 16.3 Å². The van der Waals surface area contributed by atoms with Crippen molar-refractivity contribution in [2.45, 2.75) is 19.4 Å². The number of carbonyl (C=O) groups excluding carboxylic acids is 2. The molecule has 0 aliphatic rings. The average Bonchev–Trinajstić information content (AvgIpc) is 2.67. The topological polar surface area (TPSA) is 95.5 Å². The summed E-state index contributed by atoms with van der Waals surface area (Å²) in [4.78, 5) is 35.1. The van der Waals surface area contributed by atoms with Gasteiger partial charge in [-0.1, -0.05) is 42.5 Å². The number of rotatable bonds is 6. The van der Waals surface area contributed by atoms with E-state index in [1.807, 2.05) is 42.5 Å². The van der Waals surface area contributed by atoms with Crippen LogP contribution in [0.5, 0.6) is 0 Å². The fourth-order valence-electron chi connectivity index (χ4n) is 2.95. The van der Waals surface area contributed by atoms with Crippen molar-refractivity contribution >= 4 is 34.2 Å². The summed E-state index contributed by atoms with van der Waals surface area (Å²) in [5, 5.41) is 16.8. The zero-order valence-electron chi connectivity index (χ0n) is 15.3. The van der Waals surface area contributed by atoms with Gasteiger partial charge >= 0.3 is 5.97 Å². The quantitative estimate of drug-likeness (QED) is 0.615. The van der Waals surface area contributed by atoms with Gasteiger partial charge in [0.1, 0.15) is 6.04 Å². The highest BCUT2D eigenvalue weighted by Crippen LogP contribution is 2.17. The third kappa shape index (κ3) is 4.73. The predicted octanol–water partition coefficient (Wildman–Crippen LogP) is 3.22. The van der Waals surface area contributed by atoms with E-state index < -0.39 is 17.9 Å². The first-order valence-corrected chi connectivity index (χ1v) is 8.81. The standard InChI is InChI=1S/C22H20N2O4/c1-14(25)23-19-10-8-17(9-11-19)21(26)24-20(22(27)28)13-15-6-7-16-4-2-3-5-18(16)12-15/h2-12,20H,13H2,1H3,(H,23,25)(H,24,26)(H,27,28)/t20-/m1/s1. The highest BCUT2D eigenvalue weighted by Gasteiger charge is 2.21. The van der Waals surface area contributed by atoms with Crippen LogP contribution in [0.4, 0.5) is 5.69 Å². The van der Waals surface area contributed by atoms with Gasteiger partial charge < -0.3 is 15.7 Å². The molecule has 0 bridgehead atoms. The highest BCUT2D eigenvalue weighted by atomic mass is 16.4. The fraction of sp³-hybridized carbons (Fsp3) is 0.136. The molecule has 0 saturated carbocycles. The van der Waals surface area contributed by atoms with Crippen molar-refractivity contribution in [2.24, 2.45) is 0 Å². The first kappa shape index (κ1) is 19.1. The molecule has 6 heteroatoms. The van der Waals surface area contributed by atoms with Crippen LogP contribution in [-0.2, 0) is 16.0 Å². The Morgan fingerprint density at radius 3 is 2.25 bits per heavy atom. The SMILES string of the molecule is CC(=O)Nc1ccc(C(=O)N[C@H](Cc2ccc3ccccc3c2)C(=O)O)cc1. The van der Waals surface area contributed by atoms with E-state index in [9.17, 15) is 19.5 Å². The van der Waals surface area contributed by atoms with Crippen molar-refractivity contribution < 1.29 is 19.5 Å². The smallest absolute Gasteiger partial charge is 0.326 e. The summed E-state index contributed by atoms with van der Waals surface area (Å²) >= 11 is 0. The van der Waals surface area contributed by atoms with Crippen molar-refractivity contribution in [3.63, 3.8) is 0 Å². The largest absolute Gasteiger partial charge is 0.480 e. The number of fused-ring (bicyclic) bond motifs is 1. The fourth-order valence-corrected chi connectivity index (χ4v) is 2.95. The molecule has 2 amide bonds. The average molecular weight is 376 g/mol. The van der Waals surface area contributed by atoms with Crippen molar-refractivity contribution in [1.29, 1.82) is 0 Å². The van der Waals surface area contributed by atoms with Crippen LogP contribution >= 0.6 is 0 Å². The Bertz CT molecular complexity index is 1030. The second-order valence-electron chi connectivity index (χ2n) is 6.51. The third-order valence-electron chi connectivity index (χ3n) is 4.32. The molecule has 0 fully saturated rings. The third-order valence-corrected chi connectivity index (χ3v) is 4.32. The molecule has 3 N–H and O–H groups in total.